The molecule has 0 heterocycles. The molecule has 2 aromatic carbocycles. The number of fused-ring (bicyclic) bond motifs is 1. The Labute approximate surface area is 97.1 Å². The highest BCUT2D eigenvalue weighted by molar-refractivity contribution is 6.80. The molecule has 2 rings (SSSR count). The summed E-state index contributed by atoms with van der Waals surface area (Å²) in [6, 6.07) is 14.7. The molecule has 0 aliphatic heterocycles. The van der Waals surface area contributed by atoms with Crippen LogP contribution in [0.25, 0.3) is 10.8 Å². The molecular weight excluding hydrogens is 216 g/mol. The summed E-state index contributed by atoms with van der Waals surface area (Å²) in [5.74, 6) is 0. The van der Waals surface area contributed by atoms with Crippen LogP contribution < -0.4 is 5.19 Å². The Balaban J connectivity index is 2.54. The van der Waals surface area contributed by atoms with Crippen LogP contribution in [0.3, 0.4) is 0 Å². The molecule has 3 heteroatoms. The second-order valence-electron chi connectivity index (χ2n) is 3.92. The van der Waals surface area contributed by atoms with Gasteiger partial charge in [-0.3, -0.25) is 0 Å². The Bertz CT molecular complexity index is 492. The largest absolute Gasteiger partial charge is 0.394 e. The Morgan fingerprint density at radius 1 is 0.875 bits per heavy atom. The van der Waals surface area contributed by atoms with Crippen molar-refractivity contribution < 1.29 is 8.85 Å². The summed E-state index contributed by atoms with van der Waals surface area (Å²) < 4.78 is 11.1. The van der Waals surface area contributed by atoms with E-state index in [-0.39, 0.29) is 0 Å². The van der Waals surface area contributed by atoms with E-state index in [1.807, 2.05) is 12.1 Å². The molecule has 0 aromatic heterocycles. The van der Waals surface area contributed by atoms with Gasteiger partial charge in [0.1, 0.15) is 0 Å². The molecular formula is C13H16O2Si. The minimum atomic E-state index is -2.19. The summed E-state index contributed by atoms with van der Waals surface area (Å²) in [6.07, 6.45) is 0. The molecule has 2 aromatic rings. The zero-order valence-electron chi connectivity index (χ0n) is 9.86. The third kappa shape index (κ3) is 1.89. The van der Waals surface area contributed by atoms with Gasteiger partial charge in [-0.1, -0.05) is 42.5 Å². The summed E-state index contributed by atoms with van der Waals surface area (Å²) in [7, 11) is 1.24. The second-order valence-corrected chi connectivity index (χ2v) is 7.20. The van der Waals surface area contributed by atoms with Gasteiger partial charge in [-0.05, 0) is 22.5 Å². The summed E-state index contributed by atoms with van der Waals surface area (Å²) in [5.41, 5.74) is 0. The van der Waals surface area contributed by atoms with Crippen LogP contribution in [0, 0.1) is 0 Å². The second kappa shape index (κ2) is 4.37. The lowest BCUT2D eigenvalue weighted by molar-refractivity contribution is 0.265. The number of hydrogen-bond donors (Lipinski definition) is 0. The topological polar surface area (TPSA) is 18.5 Å². The predicted molar refractivity (Wildman–Crippen MR) is 69.2 cm³/mol. The van der Waals surface area contributed by atoms with E-state index in [2.05, 4.69) is 36.9 Å². The maximum Gasteiger partial charge on any atom is 0.368 e. The third-order valence-corrected chi connectivity index (χ3v) is 5.97. The predicted octanol–water partition coefficient (Wildman–Crippen LogP) is 2.41. The highest BCUT2D eigenvalue weighted by atomic mass is 28.4. The quantitative estimate of drug-likeness (QED) is 0.757. The molecule has 0 amide bonds. The van der Waals surface area contributed by atoms with Crippen molar-refractivity contribution >= 4 is 24.5 Å². The SMILES string of the molecule is CO[Si](C)(OC)c1ccc2ccccc2c1. The van der Waals surface area contributed by atoms with Crippen molar-refractivity contribution in [3.63, 3.8) is 0 Å². The van der Waals surface area contributed by atoms with Crippen LogP contribution in [0.5, 0.6) is 0 Å². The van der Waals surface area contributed by atoms with Gasteiger partial charge in [0.2, 0.25) is 0 Å². The maximum absolute atomic E-state index is 5.54. The van der Waals surface area contributed by atoms with Gasteiger partial charge >= 0.3 is 8.56 Å². The minimum absolute atomic E-state index is 1.16. The molecule has 0 aliphatic carbocycles. The highest BCUT2D eigenvalue weighted by Gasteiger charge is 2.31. The van der Waals surface area contributed by atoms with Gasteiger partial charge < -0.3 is 8.85 Å². The monoisotopic (exact) mass is 232 g/mol. The summed E-state index contributed by atoms with van der Waals surface area (Å²) in [5, 5.41) is 3.64. The first kappa shape index (κ1) is 11.3. The van der Waals surface area contributed by atoms with E-state index in [1.54, 1.807) is 14.2 Å². The summed E-state index contributed by atoms with van der Waals surface area (Å²) in [6.45, 7) is 2.05. The average molecular weight is 232 g/mol. The highest BCUT2D eigenvalue weighted by Crippen LogP contribution is 2.14. The molecule has 0 fully saturated rings. The Morgan fingerprint density at radius 3 is 2.12 bits per heavy atom. The number of hydrogen-bond acceptors (Lipinski definition) is 2. The Morgan fingerprint density at radius 2 is 1.50 bits per heavy atom. The van der Waals surface area contributed by atoms with Crippen LogP contribution in [-0.4, -0.2) is 22.8 Å². The van der Waals surface area contributed by atoms with Crippen LogP contribution in [-0.2, 0) is 8.85 Å². The molecule has 0 saturated carbocycles. The van der Waals surface area contributed by atoms with Gasteiger partial charge in [-0.25, -0.2) is 0 Å². The van der Waals surface area contributed by atoms with E-state index in [4.69, 9.17) is 8.85 Å². The molecule has 0 saturated heterocycles. The van der Waals surface area contributed by atoms with Gasteiger partial charge in [0.05, 0.1) is 0 Å². The van der Waals surface area contributed by atoms with Crippen molar-refractivity contribution in [3.8, 4) is 0 Å². The molecule has 0 atom stereocenters. The molecule has 16 heavy (non-hydrogen) atoms. The smallest absolute Gasteiger partial charge is 0.368 e. The van der Waals surface area contributed by atoms with Crippen molar-refractivity contribution in [2.24, 2.45) is 0 Å². The van der Waals surface area contributed by atoms with Crippen molar-refractivity contribution in [2.45, 2.75) is 6.55 Å². The zero-order chi connectivity index (χ0) is 11.6. The van der Waals surface area contributed by atoms with E-state index in [0.29, 0.717) is 0 Å². The molecule has 0 radical (unpaired) electrons. The average Bonchev–Trinajstić information content (AvgIpc) is 2.37. The van der Waals surface area contributed by atoms with Crippen LogP contribution in [0.1, 0.15) is 0 Å². The van der Waals surface area contributed by atoms with Crippen molar-refractivity contribution in [1.29, 1.82) is 0 Å². The maximum atomic E-state index is 5.54. The van der Waals surface area contributed by atoms with Gasteiger partial charge in [0, 0.05) is 14.2 Å². The Kier molecular flexibility index (Phi) is 3.09. The van der Waals surface area contributed by atoms with Crippen LogP contribution in [0.2, 0.25) is 6.55 Å². The zero-order valence-corrected chi connectivity index (χ0v) is 10.9. The number of rotatable bonds is 3. The van der Waals surface area contributed by atoms with Gasteiger partial charge in [-0.15, -0.1) is 0 Å². The molecule has 0 bridgehead atoms. The van der Waals surface area contributed by atoms with Gasteiger partial charge in [-0.2, -0.15) is 0 Å². The van der Waals surface area contributed by atoms with Gasteiger partial charge in [0.15, 0.2) is 0 Å². The van der Waals surface area contributed by atoms with E-state index in [0.717, 1.165) is 5.19 Å². The van der Waals surface area contributed by atoms with Crippen LogP contribution in [0.4, 0.5) is 0 Å². The van der Waals surface area contributed by atoms with E-state index >= 15 is 0 Å². The van der Waals surface area contributed by atoms with E-state index in [9.17, 15) is 0 Å². The summed E-state index contributed by atoms with van der Waals surface area (Å²) >= 11 is 0. The fourth-order valence-corrected chi connectivity index (χ4v) is 3.23. The van der Waals surface area contributed by atoms with Crippen molar-refractivity contribution in [1.82, 2.24) is 0 Å². The van der Waals surface area contributed by atoms with Gasteiger partial charge in [0.25, 0.3) is 0 Å². The molecule has 0 unspecified atom stereocenters. The van der Waals surface area contributed by atoms with E-state index < -0.39 is 8.56 Å². The fourth-order valence-electron chi connectivity index (χ4n) is 1.79. The first-order valence-corrected chi connectivity index (χ1v) is 7.61. The third-order valence-electron chi connectivity index (χ3n) is 3.05. The van der Waals surface area contributed by atoms with Crippen molar-refractivity contribution in [3.05, 3.63) is 42.5 Å². The van der Waals surface area contributed by atoms with Crippen LogP contribution >= 0.6 is 0 Å². The normalized spacial score (nSPS) is 11.9. The first-order valence-electron chi connectivity index (χ1n) is 5.29. The lowest BCUT2D eigenvalue weighted by atomic mass is 10.1. The summed E-state index contributed by atoms with van der Waals surface area (Å²) in [4.78, 5) is 0. The van der Waals surface area contributed by atoms with E-state index in [1.165, 1.54) is 10.8 Å². The molecule has 84 valence electrons. The van der Waals surface area contributed by atoms with Crippen LogP contribution in [0.15, 0.2) is 42.5 Å². The molecule has 0 spiro atoms. The standard InChI is InChI=1S/C13H16O2Si/c1-14-16(3,15-2)13-9-8-11-6-4-5-7-12(11)10-13/h4-10H,1-3H3. The Hall–Kier alpha value is -1.16. The molecule has 0 N–H and O–H groups in total. The lowest BCUT2D eigenvalue weighted by Gasteiger charge is -2.23. The minimum Gasteiger partial charge on any atom is -0.394 e. The molecule has 0 aliphatic rings. The lowest BCUT2D eigenvalue weighted by Crippen LogP contribution is -2.49. The molecule has 2 nitrogen and oxygen atoms in total. The number of benzene rings is 2. The van der Waals surface area contributed by atoms with Crippen molar-refractivity contribution in [2.75, 3.05) is 14.2 Å². The fraction of sp³-hybridized carbons (Fsp3) is 0.231. The first-order chi connectivity index (χ1) is 7.69.